The Labute approximate surface area is 104 Å². The van der Waals surface area contributed by atoms with Crippen LogP contribution in [-0.4, -0.2) is 25.3 Å². The number of carboxylic acid groups (broad SMARTS) is 1. The zero-order valence-electron chi connectivity index (χ0n) is 9.46. The fraction of sp³-hybridized carbons (Fsp3) is 0.273. The van der Waals surface area contributed by atoms with Crippen LogP contribution in [0.2, 0.25) is 0 Å². The number of nitrogens with one attached hydrogen (secondary N) is 1. The fourth-order valence-corrected chi connectivity index (χ4v) is 2.86. The number of benzene rings is 1. The summed E-state index contributed by atoms with van der Waals surface area (Å²) in [6.07, 6.45) is 0.626. The molecule has 0 saturated carbocycles. The molecule has 1 aromatic rings. The van der Waals surface area contributed by atoms with E-state index in [0.717, 1.165) is 0 Å². The summed E-state index contributed by atoms with van der Waals surface area (Å²) < 4.78 is 27.3. The second kappa shape index (κ2) is 4.77. The molecule has 96 valence electrons. The summed E-state index contributed by atoms with van der Waals surface area (Å²) in [4.78, 5) is 10.5. The van der Waals surface area contributed by atoms with Crippen LogP contribution in [0.4, 0.5) is 5.69 Å². The summed E-state index contributed by atoms with van der Waals surface area (Å²) in [6.45, 7) is 0. The Balaban J connectivity index is 2.18. The second-order valence-electron chi connectivity index (χ2n) is 3.88. The van der Waals surface area contributed by atoms with E-state index in [-0.39, 0.29) is 17.2 Å². The SMILES string of the molecule is O=C(O)CCCC1=NS(=O)(=O)c2ccccc2N1. The third kappa shape index (κ3) is 2.67. The highest BCUT2D eigenvalue weighted by atomic mass is 32.2. The molecule has 0 radical (unpaired) electrons. The van der Waals surface area contributed by atoms with Gasteiger partial charge in [-0.25, -0.2) is 0 Å². The molecule has 1 heterocycles. The molecule has 1 aliphatic rings. The Morgan fingerprint density at radius 2 is 2.06 bits per heavy atom. The Hall–Kier alpha value is -1.89. The van der Waals surface area contributed by atoms with Gasteiger partial charge in [-0.05, 0) is 18.6 Å². The van der Waals surface area contributed by atoms with Crippen LogP contribution >= 0.6 is 0 Å². The number of nitrogens with zero attached hydrogens (tertiary/aromatic N) is 1. The third-order valence-electron chi connectivity index (χ3n) is 2.48. The summed E-state index contributed by atoms with van der Waals surface area (Å²) in [7, 11) is -3.66. The van der Waals surface area contributed by atoms with Crippen molar-refractivity contribution < 1.29 is 18.3 Å². The quantitative estimate of drug-likeness (QED) is 0.861. The van der Waals surface area contributed by atoms with Crippen molar-refractivity contribution in [2.24, 2.45) is 4.40 Å². The van der Waals surface area contributed by atoms with Gasteiger partial charge < -0.3 is 10.4 Å². The van der Waals surface area contributed by atoms with Crippen molar-refractivity contribution in [2.75, 3.05) is 5.32 Å². The Morgan fingerprint density at radius 3 is 2.78 bits per heavy atom. The van der Waals surface area contributed by atoms with Crippen molar-refractivity contribution in [2.45, 2.75) is 24.2 Å². The topological polar surface area (TPSA) is 95.8 Å². The number of hydrogen-bond acceptors (Lipinski definition) is 4. The first kappa shape index (κ1) is 12.6. The van der Waals surface area contributed by atoms with Gasteiger partial charge in [0.25, 0.3) is 10.0 Å². The van der Waals surface area contributed by atoms with Crippen molar-refractivity contribution in [3.63, 3.8) is 0 Å². The number of aliphatic carboxylic acids is 1. The lowest BCUT2D eigenvalue weighted by Gasteiger charge is -2.17. The minimum atomic E-state index is -3.66. The molecular formula is C11H12N2O4S. The van der Waals surface area contributed by atoms with Crippen molar-refractivity contribution in [3.8, 4) is 0 Å². The van der Waals surface area contributed by atoms with Gasteiger partial charge in [0.2, 0.25) is 0 Å². The predicted octanol–water partition coefficient (Wildman–Crippen LogP) is 1.45. The molecular weight excluding hydrogens is 256 g/mol. The highest BCUT2D eigenvalue weighted by Crippen LogP contribution is 2.27. The van der Waals surface area contributed by atoms with E-state index in [1.54, 1.807) is 18.2 Å². The van der Waals surface area contributed by atoms with E-state index in [1.807, 2.05) is 0 Å². The normalized spacial score (nSPS) is 16.3. The van der Waals surface area contributed by atoms with E-state index >= 15 is 0 Å². The van der Waals surface area contributed by atoms with Crippen molar-refractivity contribution in [1.82, 2.24) is 0 Å². The summed E-state index contributed by atoms with van der Waals surface area (Å²) in [6, 6.07) is 6.48. The van der Waals surface area contributed by atoms with E-state index in [2.05, 4.69) is 9.71 Å². The lowest BCUT2D eigenvalue weighted by atomic mass is 10.2. The summed E-state index contributed by atoms with van der Waals surface area (Å²) in [5.41, 5.74) is 0.484. The molecule has 0 atom stereocenters. The summed E-state index contributed by atoms with van der Waals surface area (Å²) >= 11 is 0. The van der Waals surface area contributed by atoms with Crippen LogP contribution in [0.3, 0.4) is 0 Å². The van der Waals surface area contributed by atoms with Crippen LogP contribution < -0.4 is 5.32 Å². The number of fused-ring (bicyclic) bond motifs is 1. The van der Waals surface area contributed by atoms with Gasteiger partial charge in [-0.2, -0.15) is 8.42 Å². The summed E-state index contributed by atoms with van der Waals surface area (Å²) in [5.74, 6) is -0.621. The van der Waals surface area contributed by atoms with Crippen molar-refractivity contribution >= 4 is 27.5 Å². The first-order chi connectivity index (χ1) is 8.49. The van der Waals surface area contributed by atoms with Gasteiger partial charge in [-0.15, -0.1) is 4.40 Å². The van der Waals surface area contributed by atoms with Gasteiger partial charge in [-0.1, -0.05) is 12.1 Å². The largest absolute Gasteiger partial charge is 0.481 e. The highest BCUT2D eigenvalue weighted by molar-refractivity contribution is 7.90. The molecule has 0 amide bonds. The first-order valence-electron chi connectivity index (χ1n) is 5.41. The average Bonchev–Trinajstić information content (AvgIpc) is 2.27. The molecule has 0 unspecified atom stereocenters. The van der Waals surface area contributed by atoms with Gasteiger partial charge in [0, 0.05) is 12.8 Å². The maximum Gasteiger partial charge on any atom is 0.303 e. The van der Waals surface area contributed by atoms with Gasteiger partial charge in [0.1, 0.15) is 10.7 Å². The lowest BCUT2D eigenvalue weighted by Crippen LogP contribution is -2.21. The van der Waals surface area contributed by atoms with Crippen LogP contribution in [0.5, 0.6) is 0 Å². The van der Waals surface area contributed by atoms with E-state index in [9.17, 15) is 13.2 Å². The molecule has 0 bridgehead atoms. The van der Waals surface area contributed by atoms with Gasteiger partial charge in [0.15, 0.2) is 0 Å². The number of amidine groups is 1. The highest BCUT2D eigenvalue weighted by Gasteiger charge is 2.23. The molecule has 1 aliphatic heterocycles. The zero-order chi connectivity index (χ0) is 13.2. The number of para-hydroxylation sites is 1. The number of rotatable bonds is 4. The van der Waals surface area contributed by atoms with Crippen LogP contribution in [0.1, 0.15) is 19.3 Å². The molecule has 6 nitrogen and oxygen atoms in total. The maximum absolute atomic E-state index is 11.8. The molecule has 0 aromatic heterocycles. The van der Waals surface area contributed by atoms with E-state index < -0.39 is 16.0 Å². The van der Waals surface area contributed by atoms with Gasteiger partial charge >= 0.3 is 5.97 Å². The molecule has 2 rings (SSSR count). The number of carbonyl (C=O) groups is 1. The first-order valence-corrected chi connectivity index (χ1v) is 6.85. The molecule has 0 aliphatic carbocycles. The van der Waals surface area contributed by atoms with E-state index in [1.165, 1.54) is 6.07 Å². The van der Waals surface area contributed by atoms with Gasteiger partial charge in [0.05, 0.1) is 5.69 Å². The molecule has 0 fully saturated rings. The van der Waals surface area contributed by atoms with Crippen molar-refractivity contribution in [1.29, 1.82) is 0 Å². The number of carboxylic acids is 1. The molecule has 18 heavy (non-hydrogen) atoms. The molecule has 0 saturated heterocycles. The lowest BCUT2D eigenvalue weighted by molar-refractivity contribution is -0.137. The number of hydrogen-bond donors (Lipinski definition) is 2. The third-order valence-corrected chi connectivity index (χ3v) is 3.85. The minimum absolute atomic E-state index is 0.0115. The van der Waals surface area contributed by atoms with Crippen LogP contribution in [0, 0.1) is 0 Å². The summed E-state index contributed by atoms with van der Waals surface area (Å²) in [5, 5.41) is 11.4. The van der Waals surface area contributed by atoms with E-state index in [4.69, 9.17) is 5.11 Å². The van der Waals surface area contributed by atoms with E-state index in [0.29, 0.717) is 18.5 Å². The van der Waals surface area contributed by atoms with Crippen LogP contribution in [0.25, 0.3) is 0 Å². The predicted molar refractivity (Wildman–Crippen MR) is 66.2 cm³/mol. The number of anilines is 1. The maximum atomic E-state index is 11.8. The standard InChI is InChI=1S/C11H12N2O4S/c14-11(15)7-3-6-10-12-8-4-1-2-5-9(8)18(16,17)13-10/h1-2,4-5H,3,6-7H2,(H,12,13)(H,14,15). The Morgan fingerprint density at radius 1 is 1.33 bits per heavy atom. The zero-order valence-corrected chi connectivity index (χ0v) is 10.3. The fourth-order valence-electron chi connectivity index (χ4n) is 1.68. The van der Waals surface area contributed by atoms with Crippen molar-refractivity contribution in [3.05, 3.63) is 24.3 Å². The Bertz CT molecular complexity index is 607. The van der Waals surface area contributed by atoms with Gasteiger partial charge in [-0.3, -0.25) is 4.79 Å². The molecule has 2 N–H and O–H groups in total. The minimum Gasteiger partial charge on any atom is -0.481 e. The van der Waals surface area contributed by atoms with Crippen LogP contribution in [-0.2, 0) is 14.8 Å². The second-order valence-corrected chi connectivity index (χ2v) is 5.45. The van der Waals surface area contributed by atoms with Crippen LogP contribution in [0.15, 0.2) is 33.6 Å². The molecule has 1 aromatic carbocycles. The average molecular weight is 268 g/mol. The monoisotopic (exact) mass is 268 g/mol. The number of sulfonamides is 1. The molecule has 7 heteroatoms. The Kier molecular flexibility index (Phi) is 3.33. The molecule has 0 spiro atoms. The smallest absolute Gasteiger partial charge is 0.303 e.